The van der Waals surface area contributed by atoms with Crippen molar-refractivity contribution < 1.29 is 18.6 Å². The van der Waals surface area contributed by atoms with E-state index in [0.29, 0.717) is 18.9 Å². The van der Waals surface area contributed by atoms with Crippen LogP contribution in [0.2, 0.25) is 0 Å². The molecule has 7 heteroatoms. The van der Waals surface area contributed by atoms with Crippen LogP contribution in [0, 0.1) is 5.92 Å². The zero-order valence-corrected chi connectivity index (χ0v) is 15.3. The number of aliphatic hydroxyl groups is 2. The average molecular weight is 351 g/mol. The highest BCUT2D eigenvalue weighted by Crippen LogP contribution is 2.28. The number of unbranched alkanes of at least 4 members (excludes halogenated alkanes) is 1. The first-order chi connectivity index (χ1) is 10.8. The van der Waals surface area contributed by atoms with Gasteiger partial charge in [-0.1, -0.05) is 45.4 Å². The van der Waals surface area contributed by atoms with E-state index in [2.05, 4.69) is 0 Å². The summed E-state index contributed by atoms with van der Waals surface area (Å²) in [7, 11) is -2.04. The van der Waals surface area contributed by atoms with Crippen molar-refractivity contribution >= 4 is 10.0 Å². The van der Waals surface area contributed by atoms with Gasteiger partial charge in [0.1, 0.15) is 0 Å². The van der Waals surface area contributed by atoms with Crippen LogP contribution in [0.5, 0.6) is 0 Å². The second-order valence-corrected chi connectivity index (χ2v) is 9.03. The monoisotopic (exact) mass is 350 g/mol. The fourth-order valence-corrected chi connectivity index (χ4v) is 4.47. The van der Waals surface area contributed by atoms with Gasteiger partial charge >= 0.3 is 0 Å². The first kappa shape index (κ1) is 20.8. The lowest BCUT2D eigenvalue weighted by molar-refractivity contribution is 0.0469. The highest BCUT2D eigenvalue weighted by atomic mass is 32.2. The van der Waals surface area contributed by atoms with E-state index in [4.69, 9.17) is 5.73 Å². The van der Waals surface area contributed by atoms with Gasteiger partial charge in [-0.15, -0.1) is 0 Å². The molecule has 0 aliphatic heterocycles. The van der Waals surface area contributed by atoms with Crippen LogP contribution < -0.4 is 5.73 Å². The van der Waals surface area contributed by atoms with Gasteiger partial charge in [-0.25, -0.2) is 12.7 Å². The molecule has 4 N–H and O–H groups in total. The van der Waals surface area contributed by atoms with Crippen LogP contribution in [-0.2, 0) is 10.0 Å². The average Bonchev–Trinajstić information content (AvgIpc) is 2.52. The van der Waals surface area contributed by atoms with Gasteiger partial charge in [-0.3, -0.25) is 0 Å². The van der Waals surface area contributed by atoms with E-state index in [1.165, 1.54) is 30.6 Å². The topological polar surface area (TPSA) is 104 Å². The highest BCUT2D eigenvalue weighted by Gasteiger charge is 2.31. The maximum Gasteiger partial charge on any atom is 0.216 e. The molecule has 0 aromatic rings. The Morgan fingerprint density at radius 3 is 2.35 bits per heavy atom. The third-order valence-electron chi connectivity index (χ3n) is 4.87. The van der Waals surface area contributed by atoms with Crippen molar-refractivity contribution in [2.75, 3.05) is 19.3 Å². The van der Waals surface area contributed by atoms with E-state index in [-0.39, 0.29) is 0 Å². The third kappa shape index (κ3) is 7.05. The maximum atomic E-state index is 12.2. The summed E-state index contributed by atoms with van der Waals surface area (Å²) in [5.41, 5.74) is 5.90. The summed E-state index contributed by atoms with van der Waals surface area (Å²) in [6.45, 7) is 2.43. The Morgan fingerprint density at radius 1 is 1.17 bits per heavy atom. The smallest absolute Gasteiger partial charge is 0.216 e. The van der Waals surface area contributed by atoms with Crippen molar-refractivity contribution in [3.05, 3.63) is 0 Å². The molecule has 0 bridgehead atoms. The molecule has 1 aliphatic rings. The summed E-state index contributed by atoms with van der Waals surface area (Å²) in [4.78, 5) is 0. The molecule has 23 heavy (non-hydrogen) atoms. The van der Waals surface area contributed by atoms with E-state index >= 15 is 0 Å². The number of nitrogens with two attached hydrogens (primary N) is 1. The number of aliphatic hydroxyl groups excluding tert-OH is 2. The molecule has 0 heterocycles. The Morgan fingerprint density at radius 2 is 1.78 bits per heavy atom. The van der Waals surface area contributed by atoms with E-state index in [0.717, 1.165) is 25.7 Å². The van der Waals surface area contributed by atoms with Crippen molar-refractivity contribution in [2.24, 2.45) is 11.7 Å². The van der Waals surface area contributed by atoms with Crippen molar-refractivity contribution in [3.8, 4) is 0 Å². The number of rotatable bonds is 10. The predicted molar refractivity (Wildman–Crippen MR) is 92.5 cm³/mol. The second kappa shape index (κ2) is 9.93. The van der Waals surface area contributed by atoms with Gasteiger partial charge in [0.15, 0.2) is 0 Å². The Hall–Kier alpha value is -0.210. The van der Waals surface area contributed by atoms with Gasteiger partial charge in [0, 0.05) is 13.6 Å². The van der Waals surface area contributed by atoms with Gasteiger partial charge in [-0.05, 0) is 18.8 Å². The lowest BCUT2D eigenvalue weighted by Crippen LogP contribution is -2.50. The summed E-state index contributed by atoms with van der Waals surface area (Å²) in [6, 6.07) is -0.925. The van der Waals surface area contributed by atoms with Crippen LogP contribution in [0.4, 0.5) is 0 Å². The summed E-state index contributed by atoms with van der Waals surface area (Å²) < 4.78 is 25.6. The van der Waals surface area contributed by atoms with Crippen LogP contribution in [0.25, 0.3) is 0 Å². The summed E-state index contributed by atoms with van der Waals surface area (Å²) in [6.07, 6.45) is 5.87. The van der Waals surface area contributed by atoms with Crippen molar-refractivity contribution in [3.63, 3.8) is 0 Å². The summed E-state index contributed by atoms with van der Waals surface area (Å²) in [5.74, 6) is -0.00309. The normalized spacial score (nSPS) is 21.3. The van der Waals surface area contributed by atoms with Crippen LogP contribution in [0.3, 0.4) is 0 Å². The van der Waals surface area contributed by atoms with Crippen LogP contribution in [0.1, 0.15) is 58.3 Å². The SMILES string of the molecule is CCCCN(C)S(=O)(=O)C[C@H](O)[C@H](N)[C@@H](O)CC1CCCCC1. The number of hydrogen-bond acceptors (Lipinski definition) is 5. The fraction of sp³-hybridized carbons (Fsp3) is 1.00. The molecule has 0 spiro atoms. The zero-order valence-electron chi connectivity index (χ0n) is 14.5. The van der Waals surface area contributed by atoms with Crippen LogP contribution in [-0.4, -0.2) is 60.5 Å². The molecule has 0 unspecified atom stereocenters. The van der Waals surface area contributed by atoms with Crippen molar-refractivity contribution in [1.29, 1.82) is 0 Å². The Labute approximate surface area is 141 Å². The number of hydrogen-bond donors (Lipinski definition) is 3. The van der Waals surface area contributed by atoms with Crippen LogP contribution in [0.15, 0.2) is 0 Å². The molecule has 0 saturated heterocycles. The van der Waals surface area contributed by atoms with Crippen LogP contribution >= 0.6 is 0 Å². The molecule has 6 nitrogen and oxygen atoms in total. The largest absolute Gasteiger partial charge is 0.391 e. The first-order valence-electron chi connectivity index (χ1n) is 8.83. The van der Waals surface area contributed by atoms with Gasteiger partial charge in [0.2, 0.25) is 10.0 Å². The lowest BCUT2D eigenvalue weighted by atomic mass is 9.84. The second-order valence-electron chi connectivity index (χ2n) is 6.91. The first-order valence-corrected chi connectivity index (χ1v) is 10.4. The minimum absolute atomic E-state index is 0.431. The van der Waals surface area contributed by atoms with Gasteiger partial charge in [0.25, 0.3) is 0 Å². The highest BCUT2D eigenvalue weighted by molar-refractivity contribution is 7.89. The molecule has 1 fully saturated rings. The fourth-order valence-electron chi connectivity index (χ4n) is 3.15. The molecule has 138 valence electrons. The zero-order chi connectivity index (χ0) is 17.5. The van der Waals surface area contributed by atoms with Gasteiger partial charge in [-0.2, -0.15) is 0 Å². The molecule has 0 radical (unpaired) electrons. The quantitative estimate of drug-likeness (QED) is 0.547. The van der Waals surface area contributed by atoms with Crippen molar-refractivity contribution in [2.45, 2.75) is 76.5 Å². The molecule has 1 rings (SSSR count). The molecule has 0 aromatic carbocycles. The Kier molecular flexibility index (Phi) is 9.00. The standard InChI is InChI=1S/C16H34N2O4S/c1-3-4-10-18(2)23(21,22)12-15(20)16(17)14(19)11-13-8-6-5-7-9-13/h13-16,19-20H,3-12,17H2,1-2H3/t14-,15-,16+/m0/s1. The molecular formula is C16H34N2O4S. The minimum Gasteiger partial charge on any atom is -0.391 e. The summed E-state index contributed by atoms with van der Waals surface area (Å²) in [5, 5.41) is 20.4. The third-order valence-corrected chi connectivity index (χ3v) is 6.77. The van der Waals surface area contributed by atoms with Gasteiger partial charge < -0.3 is 15.9 Å². The van der Waals surface area contributed by atoms with E-state index in [1.807, 2.05) is 6.92 Å². The maximum absolute atomic E-state index is 12.2. The molecule has 1 aliphatic carbocycles. The number of sulfonamides is 1. The predicted octanol–water partition coefficient (Wildman–Crippen LogP) is 1.07. The minimum atomic E-state index is -3.55. The summed E-state index contributed by atoms with van der Waals surface area (Å²) >= 11 is 0. The van der Waals surface area contributed by atoms with E-state index < -0.39 is 34.0 Å². The van der Waals surface area contributed by atoms with E-state index in [1.54, 1.807) is 0 Å². The van der Waals surface area contributed by atoms with E-state index in [9.17, 15) is 18.6 Å². The molecule has 3 atom stereocenters. The van der Waals surface area contributed by atoms with Gasteiger partial charge in [0.05, 0.1) is 24.0 Å². The molecule has 0 aromatic heterocycles. The molecular weight excluding hydrogens is 316 g/mol. The number of nitrogens with zero attached hydrogens (tertiary/aromatic N) is 1. The molecule has 1 saturated carbocycles. The lowest BCUT2D eigenvalue weighted by Gasteiger charge is -2.29. The molecule has 0 amide bonds. The Balaban J connectivity index is 2.49. The Bertz CT molecular complexity index is 424. The van der Waals surface area contributed by atoms with Crippen molar-refractivity contribution in [1.82, 2.24) is 4.31 Å².